The van der Waals surface area contributed by atoms with E-state index in [1.54, 1.807) is 16.9 Å². The molecule has 0 aliphatic carbocycles. The van der Waals surface area contributed by atoms with Crippen LogP contribution < -0.4 is 10.6 Å². The van der Waals surface area contributed by atoms with Gasteiger partial charge in [-0.2, -0.15) is 5.10 Å². The van der Waals surface area contributed by atoms with Gasteiger partial charge in [0.25, 0.3) is 6.43 Å². The molecule has 2 aromatic rings. The van der Waals surface area contributed by atoms with Crippen LogP contribution in [0, 0.1) is 5.92 Å². The standard InChI is InChI=1S/C16H18F2N4O/c1-22-9-11(6-20-22)13-7-19-8-14(13)16(23)21-12-4-2-3-10(5-12)15(17)18/h2-6,9,13-15,19H,7-8H2,1H3,(H,21,23)/t13-,14+/m1/s1. The highest BCUT2D eigenvalue weighted by Gasteiger charge is 2.34. The van der Waals surface area contributed by atoms with Gasteiger partial charge in [-0.3, -0.25) is 9.48 Å². The Hall–Kier alpha value is -2.28. The average Bonchev–Trinajstić information content (AvgIpc) is 3.15. The molecule has 0 bridgehead atoms. The van der Waals surface area contributed by atoms with E-state index in [1.165, 1.54) is 18.2 Å². The minimum atomic E-state index is -2.55. The quantitative estimate of drug-likeness (QED) is 0.909. The normalized spacial score (nSPS) is 20.9. The van der Waals surface area contributed by atoms with Crippen LogP contribution in [0.3, 0.4) is 0 Å². The van der Waals surface area contributed by atoms with Gasteiger partial charge < -0.3 is 10.6 Å². The van der Waals surface area contributed by atoms with Gasteiger partial charge in [0, 0.05) is 43.5 Å². The largest absolute Gasteiger partial charge is 0.326 e. The molecule has 7 heteroatoms. The number of carbonyl (C=O) groups is 1. The van der Waals surface area contributed by atoms with Crippen LogP contribution in [-0.2, 0) is 11.8 Å². The van der Waals surface area contributed by atoms with Gasteiger partial charge in [0.1, 0.15) is 0 Å². The Balaban J connectivity index is 1.73. The summed E-state index contributed by atoms with van der Waals surface area (Å²) in [5, 5.41) is 10.1. The van der Waals surface area contributed by atoms with Gasteiger partial charge in [-0.1, -0.05) is 12.1 Å². The summed E-state index contributed by atoms with van der Waals surface area (Å²) in [6, 6.07) is 5.79. The van der Waals surface area contributed by atoms with E-state index >= 15 is 0 Å². The zero-order chi connectivity index (χ0) is 16.4. The predicted molar refractivity (Wildman–Crippen MR) is 82.3 cm³/mol. The maximum absolute atomic E-state index is 12.7. The van der Waals surface area contributed by atoms with Crippen LogP contribution in [0.25, 0.3) is 0 Å². The fourth-order valence-electron chi connectivity index (χ4n) is 2.92. The van der Waals surface area contributed by atoms with Gasteiger partial charge in [0.05, 0.1) is 12.1 Å². The second-order valence-electron chi connectivity index (χ2n) is 5.73. The van der Waals surface area contributed by atoms with Crippen LogP contribution in [0.5, 0.6) is 0 Å². The van der Waals surface area contributed by atoms with Gasteiger partial charge in [0.2, 0.25) is 5.91 Å². The molecule has 1 aliphatic heterocycles. The van der Waals surface area contributed by atoms with Crippen molar-refractivity contribution >= 4 is 11.6 Å². The lowest BCUT2D eigenvalue weighted by molar-refractivity contribution is -0.119. The third kappa shape index (κ3) is 3.39. The van der Waals surface area contributed by atoms with Crippen LogP contribution in [0.2, 0.25) is 0 Å². The third-order valence-electron chi connectivity index (χ3n) is 4.11. The molecule has 2 N–H and O–H groups in total. The Morgan fingerprint density at radius 2 is 2.26 bits per heavy atom. The molecule has 3 rings (SSSR count). The maximum Gasteiger partial charge on any atom is 0.263 e. The number of nitrogens with zero attached hydrogens (tertiary/aromatic N) is 2. The van der Waals surface area contributed by atoms with Gasteiger partial charge >= 0.3 is 0 Å². The smallest absolute Gasteiger partial charge is 0.263 e. The molecule has 122 valence electrons. The molecule has 1 fully saturated rings. The van der Waals surface area contributed by atoms with Crippen molar-refractivity contribution in [2.45, 2.75) is 12.3 Å². The molecule has 1 amide bonds. The number of amides is 1. The van der Waals surface area contributed by atoms with Crippen molar-refractivity contribution in [1.82, 2.24) is 15.1 Å². The minimum absolute atomic E-state index is 0.0296. The zero-order valence-corrected chi connectivity index (χ0v) is 12.7. The predicted octanol–water partition coefficient (Wildman–Crippen LogP) is 2.30. The number of rotatable bonds is 4. The molecule has 5 nitrogen and oxygen atoms in total. The summed E-state index contributed by atoms with van der Waals surface area (Å²) in [5.74, 6) is -0.397. The number of alkyl halides is 2. The number of carbonyl (C=O) groups excluding carboxylic acids is 1. The molecule has 0 spiro atoms. The Morgan fingerprint density at radius 3 is 2.96 bits per heavy atom. The lowest BCUT2D eigenvalue weighted by atomic mass is 9.90. The average molecular weight is 320 g/mol. The van der Waals surface area contributed by atoms with E-state index in [4.69, 9.17) is 0 Å². The third-order valence-corrected chi connectivity index (χ3v) is 4.11. The van der Waals surface area contributed by atoms with Crippen LogP contribution in [0.4, 0.5) is 14.5 Å². The zero-order valence-electron chi connectivity index (χ0n) is 12.7. The molecule has 1 aromatic carbocycles. The first-order valence-corrected chi connectivity index (χ1v) is 7.43. The van der Waals surface area contributed by atoms with Gasteiger partial charge in [-0.15, -0.1) is 0 Å². The number of aromatic nitrogens is 2. The summed E-state index contributed by atoms with van der Waals surface area (Å²) in [6.07, 6.45) is 1.10. The highest BCUT2D eigenvalue weighted by Crippen LogP contribution is 2.29. The lowest BCUT2D eigenvalue weighted by Crippen LogP contribution is -2.28. The second-order valence-corrected chi connectivity index (χ2v) is 5.73. The maximum atomic E-state index is 12.7. The first-order valence-electron chi connectivity index (χ1n) is 7.43. The highest BCUT2D eigenvalue weighted by molar-refractivity contribution is 5.93. The van der Waals surface area contributed by atoms with Crippen molar-refractivity contribution < 1.29 is 13.6 Å². The molecule has 1 aliphatic rings. The fourth-order valence-corrected chi connectivity index (χ4v) is 2.92. The SMILES string of the molecule is Cn1cc([C@H]2CNC[C@@H]2C(=O)Nc2cccc(C(F)F)c2)cn1. The number of halogens is 2. The Morgan fingerprint density at radius 1 is 1.43 bits per heavy atom. The summed E-state index contributed by atoms with van der Waals surface area (Å²) in [6.45, 7) is 1.25. The van der Waals surface area contributed by atoms with Crippen molar-refractivity contribution in [3.05, 3.63) is 47.8 Å². The molecule has 1 aromatic heterocycles. The topological polar surface area (TPSA) is 59.0 Å². The Bertz CT molecular complexity index is 701. The van der Waals surface area contributed by atoms with Gasteiger partial charge in [0.15, 0.2) is 0 Å². The van der Waals surface area contributed by atoms with E-state index in [2.05, 4.69) is 15.7 Å². The number of aryl methyl sites for hydroxylation is 1. The van der Waals surface area contributed by atoms with Crippen LogP contribution in [-0.4, -0.2) is 28.8 Å². The summed E-state index contributed by atoms with van der Waals surface area (Å²) in [4.78, 5) is 12.5. The lowest BCUT2D eigenvalue weighted by Gasteiger charge is -2.17. The summed E-state index contributed by atoms with van der Waals surface area (Å²) >= 11 is 0. The first-order chi connectivity index (χ1) is 11.0. The molecule has 1 saturated heterocycles. The number of benzene rings is 1. The van der Waals surface area contributed by atoms with Gasteiger partial charge in [-0.05, 0) is 17.7 Å². The summed E-state index contributed by atoms with van der Waals surface area (Å²) in [5.41, 5.74) is 1.29. The molecule has 23 heavy (non-hydrogen) atoms. The van der Waals surface area contributed by atoms with E-state index in [-0.39, 0.29) is 23.3 Å². The van der Waals surface area contributed by atoms with Gasteiger partial charge in [-0.25, -0.2) is 8.78 Å². The number of anilines is 1. The molecular weight excluding hydrogens is 302 g/mol. The number of hydrogen-bond donors (Lipinski definition) is 2. The first kappa shape index (κ1) is 15.6. The second kappa shape index (κ2) is 6.45. The van der Waals surface area contributed by atoms with E-state index in [9.17, 15) is 13.6 Å². The molecule has 0 unspecified atom stereocenters. The molecule has 2 atom stereocenters. The fraction of sp³-hybridized carbons (Fsp3) is 0.375. The highest BCUT2D eigenvalue weighted by atomic mass is 19.3. The molecule has 0 saturated carbocycles. The Labute approximate surface area is 132 Å². The van der Waals surface area contributed by atoms with E-state index in [0.717, 1.165) is 5.56 Å². The van der Waals surface area contributed by atoms with Crippen LogP contribution in [0.1, 0.15) is 23.5 Å². The number of hydrogen-bond acceptors (Lipinski definition) is 3. The molecule has 0 radical (unpaired) electrons. The molecule has 2 heterocycles. The minimum Gasteiger partial charge on any atom is -0.326 e. The van der Waals surface area contributed by atoms with E-state index in [1.807, 2.05) is 13.2 Å². The van der Waals surface area contributed by atoms with Crippen molar-refractivity contribution in [1.29, 1.82) is 0 Å². The monoisotopic (exact) mass is 320 g/mol. The van der Waals surface area contributed by atoms with Crippen molar-refractivity contribution in [3.8, 4) is 0 Å². The Kier molecular flexibility index (Phi) is 4.38. The van der Waals surface area contributed by atoms with E-state index < -0.39 is 6.43 Å². The van der Waals surface area contributed by atoms with Crippen molar-refractivity contribution in [2.24, 2.45) is 13.0 Å². The summed E-state index contributed by atoms with van der Waals surface area (Å²) < 4.78 is 27.2. The summed E-state index contributed by atoms with van der Waals surface area (Å²) in [7, 11) is 1.83. The number of nitrogens with one attached hydrogen (secondary N) is 2. The molecular formula is C16H18F2N4O. The van der Waals surface area contributed by atoms with Crippen LogP contribution in [0.15, 0.2) is 36.7 Å². The van der Waals surface area contributed by atoms with Crippen LogP contribution >= 0.6 is 0 Å². The van der Waals surface area contributed by atoms with Crippen molar-refractivity contribution in [2.75, 3.05) is 18.4 Å². The van der Waals surface area contributed by atoms with E-state index in [0.29, 0.717) is 18.8 Å². The van der Waals surface area contributed by atoms with Crippen molar-refractivity contribution in [3.63, 3.8) is 0 Å².